The van der Waals surface area contributed by atoms with Crippen LogP contribution in [-0.4, -0.2) is 26.2 Å². The van der Waals surface area contributed by atoms with Gasteiger partial charge in [0.25, 0.3) is 0 Å². The number of methoxy groups -OCH3 is 2. The Morgan fingerprint density at radius 3 is 1.32 bits per heavy atom. The lowest BCUT2D eigenvalue weighted by molar-refractivity contribution is -0.139. The van der Waals surface area contributed by atoms with Crippen molar-refractivity contribution in [3.8, 4) is 0 Å². The summed E-state index contributed by atoms with van der Waals surface area (Å²) >= 11 is 0. The number of carbonyl (C=O) groups excluding carboxylic acids is 2. The molecule has 3 aromatic rings. The number of anilines is 1. The van der Waals surface area contributed by atoms with E-state index < -0.39 is 24.0 Å². The van der Waals surface area contributed by atoms with Gasteiger partial charge in [-0.15, -0.1) is 0 Å². The lowest BCUT2D eigenvalue weighted by atomic mass is 9.95. The summed E-state index contributed by atoms with van der Waals surface area (Å²) in [5.74, 6) is -1.10. The van der Waals surface area contributed by atoms with E-state index in [1.807, 2.05) is 91.0 Å². The smallest absolute Gasteiger partial charge is 0.336 e. The van der Waals surface area contributed by atoms with E-state index in [-0.39, 0.29) is 0 Å². The van der Waals surface area contributed by atoms with Gasteiger partial charge in [0.05, 0.1) is 37.4 Å². The first-order valence-electron chi connectivity index (χ1n) is 10.0. The second-order valence-electron chi connectivity index (χ2n) is 7.18. The normalized spacial score (nSPS) is 18.1. The molecule has 1 aliphatic rings. The molecule has 156 valence electrons. The van der Waals surface area contributed by atoms with E-state index in [2.05, 4.69) is 4.90 Å². The molecule has 31 heavy (non-hydrogen) atoms. The third kappa shape index (κ3) is 3.70. The summed E-state index contributed by atoms with van der Waals surface area (Å²) < 4.78 is 10.3. The molecule has 4 rings (SSSR count). The molecule has 0 amide bonds. The van der Waals surface area contributed by atoms with Crippen molar-refractivity contribution >= 4 is 17.6 Å². The molecular formula is C26H23NO4. The molecule has 0 fully saturated rings. The Morgan fingerprint density at radius 2 is 0.968 bits per heavy atom. The predicted molar refractivity (Wildman–Crippen MR) is 118 cm³/mol. The molecule has 0 aliphatic carbocycles. The first kappa shape index (κ1) is 20.4. The molecule has 0 spiro atoms. The van der Waals surface area contributed by atoms with E-state index in [9.17, 15) is 9.59 Å². The monoisotopic (exact) mass is 413 g/mol. The van der Waals surface area contributed by atoms with Crippen LogP contribution in [0.2, 0.25) is 0 Å². The summed E-state index contributed by atoms with van der Waals surface area (Å²) in [4.78, 5) is 28.2. The van der Waals surface area contributed by atoms with Crippen LogP contribution in [0.4, 0.5) is 5.69 Å². The van der Waals surface area contributed by atoms with Crippen molar-refractivity contribution in [2.24, 2.45) is 0 Å². The number of ether oxygens (including phenoxy) is 2. The Morgan fingerprint density at radius 1 is 0.613 bits per heavy atom. The van der Waals surface area contributed by atoms with Crippen LogP contribution in [-0.2, 0) is 19.1 Å². The van der Waals surface area contributed by atoms with Crippen LogP contribution in [0.5, 0.6) is 0 Å². The molecule has 1 heterocycles. The minimum Gasteiger partial charge on any atom is -0.466 e. The number of para-hydroxylation sites is 1. The maximum absolute atomic E-state index is 13.1. The molecule has 3 aromatic carbocycles. The highest BCUT2D eigenvalue weighted by molar-refractivity contribution is 6.05. The van der Waals surface area contributed by atoms with Crippen LogP contribution < -0.4 is 4.90 Å². The SMILES string of the molecule is COC(=O)C1=C(C(=O)OC)[C@@H](c2ccccc2)N(c2ccccc2)[C@H]1c1ccccc1. The molecular weight excluding hydrogens is 390 g/mol. The number of rotatable bonds is 5. The molecule has 1 aliphatic heterocycles. The summed E-state index contributed by atoms with van der Waals surface area (Å²) in [7, 11) is 2.66. The van der Waals surface area contributed by atoms with Gasteiger partial charge in [-0.05, 0) is 23.3 Å². The number of benzene rings is 3. The van der Waals surface area contributed by atoms with Crippen LogP contribution in [0.25, 0.3) is 0 Å². The maximum atomic E-state index is 13.1. The zero-order valence-electron chi connectivity index (χ0n) is 17.4. The minimum absolute atomic E-state index is 0.290. The van der Waals surface area contributed by atoms with Crippen LogP contribution >= 0.6 is 0 Å². The fourth-order valence-corrected chi connectivity index (χ4v) is 4.21. The van der Waals surface area contributed by atoms with Crippen LogP contribution in [0.15, 0.2) is 102 Å². The van der Waals surface area contributed by atoms with E-state index in [4.69, 9.17) is 9.47 Å². The van der Waals surface area contributed by atoms with Crippen molar-refractivity contribution in [1.29, 1.82) is 0 Å². The molecule has 0 N–H and O–H groups in total. The molecule has 2 atom stereocenters. The van der Waals surface area contributed by atoms with Crippen LogP contribution in [0.1, 0.15) is 23.2 Å². The van der Waals surface area contributed by atoms with Crippen molar-refractivity contribution in [2.75, 3.05) is 19.1 Å². The van der Waals surface area contributed by atoms with Gasteiger partial charge in [-0.25, -0.2) is 9.59 Å². The fraction of sp³-hybridized carbons (Fsp3) is 0.154. The van der Waals surface area contributed by atoms with E-state index in [0.29, 0.717) is 11.1 Å². The highest BCUT2D eigenvalue weighted by Gasteiger charge is 2.48. The van der Waals surface area contributed by atoms with Crippen LogP contribution in [0.3, 0.4) is 0 Å². The van der Waals surface area contributed by atoms with Gasteiger partial charge >= 0.3 is 11.9 Å². The number of hydrogen-bond acceptors (Lipinski definition) is 5. The van der Waals surface area contributed by atoms with Gasteiger partial charge in [-0.2, -0.15) is 0 Å². The molecule has 5 heteroatoms. The second kappa shape index (κ2) is 8.88. The highest BCUT2D eigenvalue weighted by Crippen LogP contribution is 2.51. The van der Waals surface area contributed by atoms with Crippen molar-refractivity contribution < 1.29 is 19.1 Å². The summed E-state index contributed by atoms with van der Waals surface area (Å²) in [5.41, 5.74) is 3.22. The van der Waals surface area contributed by atoms with E-state index in [1.165, 1.54) is 14.2 Å². The third-order valence-electron chi connectivity index (χ3n) is 5.49. The third-order valence-corrected chi connectivity index (χ3v) is 5.49. The Balaban J connectivity index is 2.05. The molecule has 5 nitrogen and oxygen atoms in total. The molecule has 0 bridgehead atoms. The predicted octanol–water partition coefficient (Wildman–Crippen LogP) is 4.63. The largest absolute Gasteiger partial charge is 0.466 e. The lowest BCUT2D eigenvalue weighted by Crippen LogP contribution is -2.30. The number of hydrogen-bond donors (Lipinski definition) is 0. The fourth-order valence-electron chi connectivity index (χ4n) is 4.21. The zero-order chi connectivity index (χ0) is 21.8. The van der Waals surface area contributed by atoms with Crippen molar-refractivity contribution in [3.63, 3.8) is 0 Å². The average molecular weight is 413 g/mol. The van der Waals surface area contributed by atoms with E-state index >= 15 is 0 Å². The summed E-state index contributed by atoms with van der Waals surface area (Å²) in [6.07, 6.45) is 0. The van der Waals surface area contributed by atoms with Crippen molar-refractivity contribution in [3.05, 3.63) is 113 Å². The standard InChI is InChI=1S/C26H23NO4/c1-30-25(28)21-22(26(29)31-2)24(19-14-8-4-9-15-19)27(20-16-10-5-11-17-20)23(21)18-12-6-3-7-13-18/h3-17,23-24H,1-2H3/t23-,24+. The van der Waals surface area contributed by atoms with Gasteiger partial charge < -0.3 is 14.4 Å². The number of esters is 2. The van der Waals surface area contributed by atoms with Crippen molar-refractivity contribution in [2.45, 2.75) is 12.1 Å². The first-order chi connectivity index (χ1) is 15.2. The van der Waals surface area contributed by atoms with Crippen molar-refractivity contribution in [1.82, 2.24) is 0 Å². The Kier molecular flexibility index (Phi) is 5.85. The Bertz CT molecular complexity index is 1020. The Labute approximate surface area is 181 Å². The first-order valence-corrected chi connectivity index (χ1v) is 10.0. The van der Waals surface area contributed by atoms with Gasteiger partial charge in [0.2, 0.25) is 0 Å². The lowest BCUT2D eigenvalue weighted by Gasteiger charge is -2.34. The van der Waals surface area contributed by atoms with Gasteiger partial charge in [0.15, 0.2) is 0 Å². The summed E-state index contributed by atoms with van der Waals surface area (Å²) in [6.45, 7) is 0. The van der Waals surface area contributed by atoms with Crippen LogP contribution in [0, 0.1) is 0 Å². The topological polar surface area (TPSA) is 55.8 Å². The second-order valence-corrected chi connectivity index (χ2v) is 7.18. The van der Waals surface area contributed by atoms with Gasteiger partial charge in [0.1, 0.15) is 0 Å². The number of nitrogens with zero attached hydrogens (tertiary/aromatic N) is 1. The zero-order valence-corrected chi connectivity index (χ0v) is 17.4. The number of carbonyl (C=O) groups is 2. The molecule has 0 unspecified atom stereocenters. The van der Waals surface area contributed by atoms with Gasteiger partial charge in [-0.3, -0.25) is 0 Å². The van der Waals surface area contributed by atoms with E-state index in [1.54, 1.807) is 0 Å². The molecule has 0 saturated carbocycles. The Hall–Kier alpha value is -3.86. The summed E-state index contributed by atoms with van der Waals surface area (Å²) in [5, 5.41) is 0. The maximum Gasteiger partial charge on any atom is 0.336 e. The van der Waals surface area contributed by atoms with Gasteiger partial charge in [-0.1, -0.05) is 78.9 Å². The highest BCUT2D eigenvalue weighted by atomic mass is 16.5. The van der Waals surface area contributed by atoms with Gasteiger partial charge in [0, 0.05) is 5.69 Å². The minimum atomic E-state index is -0.548. The molecule has 0 aromatic heterocycles. The molecule has 0 saturated heterocycles. The quantitative estimate of drug-likeness (QED) is 0.571. The summed E-state index contributed by atoms with van der Waals surface area (Å²) in [6, 6.07) is 28.0. The average Bonchev–Trinajstić information content (AvgIpc) is 3.21. The molecule has 0 radical (unpaired) electrons. The van der Waals surface area contributed by atoms with E-state index in [0.717, 1.165) is 16.8 Å².